The molecule has 1 heterocycles. The summed E-state index contributed by atoms with van der Waals surface area (Å²) in [5.74, 6) is -1.23. The number of fused-ring (bicyclic) bond motifs is 1. The monoisotopic (exact) mass is 396 g/mol. The molecule has 0 fully saturated rings. The summed E-state index contributed by atoms with van der Waals surface area (Å²) in [6.07, 6.45) is -0.0423. The van der Waals surface area contributed by atoms with Gasteiger partial charge in [-0.2, -0.15) is 0 Å². The molecular formula is C21H20N2O6. The summed E-state index contributed by atoms with van der Waals surface area (Å²) in [5.41, 5.74) is 1.17. The number of hydrogen-bond donors (Lipinski definition) is 1. The number of carbonyl (C=O) groups excluding carboxylic acids is 4. The number of nitrogens with zero attached hydrogens (tertiary/aromatic N) is 1. The predicted octanol–water partition coefficient (Wildman–Crippen LogP) is 2.25. The van der Waals surface area contributed by atoms with Crippen molar-refractivity contribution in [2.24, 2.45) is 0 Å². The van der Waals surface area contributed by atoms with E-state index in [1.54, 1.807) is 55.5 Å². The smallest absolute Gasteiger partial charge is 0.344 e. The minimum Gasteiger partial charge on any atom is -0.482 e. The topological polar surface area (TPSA) is 102 Å². The van der Waals surface area contributed by atoms with Crippen molar-refractivity contribution in [2.75, 3.05) is 25.1 Å². The molecule has 3 amide bonds. The lowest BCUT2D eigenvalue weighted by Gasteiger charge is -2.14. The van der Waals surface area contributed by atoms with Gasteiger partial charge in [0, 0.05) is 24.7 Å². The average molecular weight is 396 g/mol. The van der Waals surface area contributed by atoms with Gasteiger partial charge in [0.2, 0.25) is 5.91 Å². The molecule has 0 saturated carbocycles. The highest BCUT2D eigenvalue weighted by atomic mass is 16.6. The van der Waals surface area contributed by atoms with Crippen LogP contribution in [0.25, 0.3) is 0 Å². The lowest BCUT2D eigenvalue weighted by atomic mass is 10.1. The van der Waals surface area contributed by atoms with Gasteiger partial charge in [0.1, 0.15) is 5.75 Å². The normalized spacial score (nSPS) is 12.5. The Bertz CT molecular complexity index is 921. The van der Waals surface area contributed by atoms with Crippen molar-refractivity contribution in [1.82, 2.24) is 4.90 Å². The second-order valence-corrected chi connectivity index (χ2v) is 6.23. The van der Waals surface area contributed by atoms with Gasteiger partial charge in [0.25, 0.3) is 11.8 Å². The molecule has 150 valence electrons. The predicted molar refractivity (Wildman–Crippen MR) is 104 cm³/mol. The number of nitrogens with one attached hydrogen (secondary N) is 1. The minimum absolute atomic E-state index is 0.0166. The molecule has 29 heavy (non-hydrogen) atoms. The average Bonchev–Trinajstić information content (AvgIpc) is 2.96. The van der Waals surface area contributed by atoms with Crippen LogP contribution in [0.1, 0.15) is 34.1 Å². The van der Waals surface area contributed by atoms with Gasteiger partial charge < -0.3 is 14.8 Å². The second kappa shape index (κ2) is 9.01. The third-order valence-electron chi connectivity index (χ3n) is 4.22. The van der Waals surface area contributed by atoms with Gasteiger partial charge in [-0.15, -0.1) is 0 Å². The van der Waals surface area contributed by atoms with Crippen molar-refractivity contribution in [3.05, 3.63) is 59.7 Å². The molecule has 0 spiro atoms. The Morgan fingerprint density at radius 3 is 2.34 bits per heavy atom. The summed E-state index contributed by atoms with van der Waals surface area (Å²) in [4.78, 5) is 49.3. The first-order valence-corrected chi connectivity index (χ1v) is 9.13. The van der Waals surface area contributed by atoms with Gasteiger partial charge in [0.15, 0.2) is 6.61 Å². The number of amides is 3. The van der Waals surface area contributed by atoms with Crippen molar-refractivity contribution in [2.45, 2.75) is 13.3 Å². The van der Waals surface area contributed by atoms with Crippen LogP contribution in [0.2, 0.25) is 0 Å². The summed E-state index contributed by atoms with van der Waals surface area (Å²) in [6, 6.07) is 13.1. The van der Waals surface area contributed by atoms with Crippen LogP contribution in [-0.2, 0) is 14.3 Å². The highest BCUT2D eigenvalue weighted by Gasteiger charge is 2.34. The highest BCUT2D eigenvalue weighted by molar-refractivity contribution is 6.21. The third-order valence-corrected chi connectivity index (χ3v) is 4.22. The van der Waals surface area contributed by atoms with Gasteiger partial charge in [0.05, 0.1) is 17.7 Å². The van der Waals surface area contributed by atoms with Crippen LogP contribution in [0.3, 0.4) is 0 Å². The second-order valence-electron chi connectivity index (χ2n) is 6.23. The maximum absolute atomic E-state index is 12.3. The third kappa shape index (κ3) is 4.78. The van der Waals surface area contributed by atoms with E-state index in [0.29, 0.717) is 22.6 Å². The first-order chi connectivity index (χ1) is 14.0. The molecule has 0 radical (unpaired) electrons. The van der Waals surface area contributed by atoms with Gasteiger partial charge in [-0.25, -0.2) is 4.79 Å². The molecule has 1 aliphatic rings. The quantitative estimate of drug-likeness (QED) is 0.542. The van der Waals surface area contributed by atoms with Crippen LogP contribution in [0.15, 0.2) is 48.5 Å². The molecule has 0 aliphatic carbocycles. The van der Waals surface area contributed by atoms with Crippen molar-refractivity contribution in [3.8, 4) is 5.75 Å². The van der Waals surface area contributed by atoms with Gasteiger partial charge in [-0.05, 0) is 31.2 Å². The van der Waals surface area contributed by atoms with Crippen LogP contribution in [0.4, 0.5) is 5.69 Å². The molecule has 1 N–H and O–H groups in total. The van der Waals surface area contributed by atoms with E-state index in [1.807, 2.05) is 0 Å². The number of carbonyl (C=O) groups is 4. The van der Waals surface area contributed by atoms with Crippen LogP contribution in [0.5, 0.6) is 5.75 Å². The van der Waals surface area contributed by atoms with E-state index >= 15 is 0 Å². The van der Waals surface area contributed by atoms with Gasteiger partial charge in [-0.1, -0.05) is 18.2 Å². The fourth-order valence-corrected chi connectivity index (χ4v) is 2.89. The highest BCUT2D eigenvalue weighted by Crippen LogP contribution is 2.23. The van der Waals surface area contributed by atoms with E-state index in [-0.39, 0.29) is 32.1 Å². The zero-order chi connectivity index (χ0) is 20.8. The summed E-state index contributed by atoms with van der Waals surface area (Å²) >= 11 is 0. The molecule has 0 unspecified atom stereocenters. The van der Waals surface area contributed by atoms with Crippen molar-refractivity contribution < 1.29 is 28.7 Å². The fraction of sp³-hybridized carbons (Fsp3) is 0.238. The zero-order valence-corrected chi connectivity index (χ0v) is 15.8. The van der Waals surface area contributed by atoms with E-state index in [4.69, 9.17) is 9.47 Å². The van der Waals surface area contributed by atoms with Crippen molar-refractivity contribution >= 4 is 29.4 Å². The van der Waals surface area contributed by atoms with Gasteiger partial charge in [-0.3, -0.25) is 19.3 Å². The zero-order valence-electron chi connectivity index (χ0n) is 15.8. The lowest BCUT2D eigenvalue weighted by molar-refractivity contribution is -0.145. The van der Waals surface area contributed by atoms with Crippen LogP contribution >= 0.6 is 0 Å². The SMILES string of the molecule is CCOC(=O)COc1cccc(NC(=O)CCN2C(=O)c3ccccc3C2=O)c1. The van der Waals surface area contributed by atoms with E-state index in [0.717, 1.165) is 4.90 Å². The van der Waals surface area contributed by atoms with E-state index in [9.17, 15) is 19.2 Å². The Hall–Kier alpha value is -3.68. The van der Waals surface area contributed by atoms with Crippen molar-refractivity contribution in [1.29, 1.82) is 0 Å². The molecule has 0 aromatic heterocycles. The summed E-state index contributed by atoms with van der Waals surface area (Å²) in [5, 5.41) is 2.69. The van der Waals surface area contributed by atoms with E-state index in [2.05, 4.69) is 5.32 Å². The van der Waals surface area contributed by atoms with Crippen LogP contribution in [-0.4, -0.2) is 48.3 Å². The van der Waals surface area contributed by atoms with Crippen LogP contribution in [0, 0.1) is 0 Å². The number of imide groups is 1. The maximum atomic E-state index is 12.3. The Labute approximate surface area is 167 Å². The maximum Gasteiger partial charge on any atom is 0.344 e. The first-order valence-electron chi connectivity index (χ1n) is 9.13. The molecule has 0 atom stereocenters. The molecular weight excluding hydrogens is 376 g/mol. The molecule has 8 nitrogen and oxygen atoms in total. The molecule has 2 aromatic rings. The Morgan fingerprint density at radius 1 is 1.00 bits per heavy atom. The first kappa shape index (κ1) is 20.1. The lowest BCUT2D eigenvalue weighted by Crippen LogP contribution is -2.32. The van der Waals surface area contributed by atoms with Crippen molar-refractivity contribution in [3.63, 3.8) is 0 Å². The number of hydrogen-bond acceptors (Lipinski definition) is 6. The fourth-order valence-electron chi connectivity index (χ4n) is 2.89. The summed E-state index contributed by atoms with van der Waals surface area (Å²) < 4.78 is 10.1. The Balaban J connectivity index is 1.53. The number of rotatable bonds is 8. The Kier molecular flexibility index (Phi) is 6.23. The molecule has 0 saturated heterocycles. The number of benzene rings is 2. The largest absolute Gasteiger partial charge is 0.482 e. The number of anilines is 1. The van der Waals surface area contributed by atoms with Crippen LogP contribution < -0.4 is 10.1 Å². The summed E-state index contributed by atoms with van der Waals surface area (Å²) in [7, 11) is 0. The number of ether oxygens (including phenoxy) is 2. The van der Waals surface area contributed by atoms with Gasteiger partial charge >= 0.3 is 5.97 Å². The molecule has 1 aliphatic heterocycles. The van der Waals surface area contributed by atoms with E-state index in [1.165, 1.54) is 0 Å². The summed E-state index contributed by atoms with van der Waals surface area (Å²) in [6.45, 7) is 1.73. The molecule has 8 heteroatoms. The number of esters is 1. The molecule has 2 aromatic carbocycles. The molecule has 3 rings (SSSR count). The molecule has 0 bridgehead atoms. The standard InChI is InChI=1S/C21H20N2O6/c1-2-28-19(25)13-29-15-7-5-6-14(12-15)22-18(24)10-11-23-20(26)16-8-3-4-9-17(16)21(23)27/h3-9,12H,2,10-11,13H2,1H3,(H,22,24). The minimum atomic E-state index is -0.483. The van der Waals surface area contributed by atoms with E-state index < -0.39 is 17.8 Å². The Morgan fingerprint density at radius 2 is 1.69 bits per heavy atom.